The molecule has 1 heterocycles. The molecular weight excluding hydrogens is 254 g/mol. The molecule has 1 N–H and O–H groups in total. The second kappa shape index (κ2) is 6.57. The van der Waals surface area contributed by atoms with Gasteiger partial charge in [0.15, 0.2) is 0 Å². The minimum absolute atomic E-state index is 0.0151. The first kappa shape index (κ1) is 14.6. The zero-order valence-corrected chi connectivity index (χ0v) is 12.0. The number of amides is 1. The highest BCUT2D eigenvalue weighted by Gasteiger charge is 2.24. The molecule has 108 valence electrons. The van der Waals surface area contributed by atoms with E-state index >= 15 is 0 Å². The molecule has 4 heteroatoms. The summed E-state index contributed by atoms with van der Waals surface area (Å²) in [7, 11) is 1.63. The summed E-state index contributed by atoms with van der Waals surface area (Å²) >= 11 is 0. The first-order chi connectivity index (χ1) is 9.63. The van der Waals surface area contributed by atoms with E-state index in [4.69, 9.17) is 9.84 Å². The van der Waals surface area contributed by atoms with E-state index in [0.29, 0.717) is 6.54 Å². The van der Waals surface area contributed by atoms with Gasteiger partial charge in [-0.1, -0.05) is 12.1 Å². The van der Waals surface area contributed by atoms with E-state index in [9.17, 15) is 4.79 Å². The third kappa shape index (κ3) is 3.39. The monoisotopic (exact) mass is 275 g/mol. The van der Waals surface area contributed by atoms with Crippen LogP contribution in [-0.2, 0) is 4.79 Å². The zero-order valence-electron chi connectivity index (χ0n) is 12.0. The number of rotatable bonds is 4. The third-order valence-corrected chi connectivity index (χ3v) is 3.72. The van der Waals surface area contributed by atoms with Crippen LogP contribution in [0.5, 0.6) is 5.75 Å². The topological polar surface area (TPSA) is 49.8 Å². The lowest BCUT2D eigenvalue weighted by Crippen LogP contribution is -2.27. The van der Waals surface area contributed by atoms with Crippen molar-refractivity contribution in [3.63, 3.8) is 0 Å². The normalized spacial score (nSPS) is 19.2. The van der Waals surface area contributed by atoms with Gasteiger partial charge in [-0.15, -0.1) is 0 Å². The summed E-state index contributed by atoms with van der Waals surface area (Å²) in [5, 5.41) is 9.12. The fraction of sp³-hybridized carbons (Fsp3) is 0.438. The molecule has 0 spiro atoms. The highest BCUT2D eigenvalue weighted by Crippen LogP contribution is 2.21. The van der Waals surface area contributed by atoms with E-state index in [1.54, 1.807) is 18.1 Å². The number of aliphatic hydroxyl groups excluding tert-OH is 1. The molecule has 0 saturated carbocycles. The number of allylic oxidation sites excluding steroid dienone is 1. The number of hydrogen-bond acceptors (Lipinski definition) is 3. The highest BCUT2D eigenvalue weighted by molar-refractivity contribution is 5.95. The molecule has 2 rings (SSSR count). The maximum Gasteiger partial charge on any atom is 0.246 e. The number of methoxy groups -OCH3 is 1. The van der Waals surface area contributed by atoms with Crippen molar-refractivity contribution in [3.8, 4) is 5.75 Å². The fourth-order valence-electron chi connectivity index (χ4n) is 2.41. The first-order valence-corrected chi connectivity index (χ1v) is 6.86. The Morgan fingerprint density at radius 1 is 1.55 bits per heavy atom. The number of benzene rings is 1. The van der Waals surface area contributed by atoms with E-state index < -0.39 is 0 Å². The van der Waals surface area contributed by atoms with Gasteiger partial charge in [0.1, 0.15) is 5.75 Å². The van der Waals surface area contributed by atoms with E-state index in [2.05, 4.69) is 0 Å². The van der Waals surface area contributed by atoms with Gasteiger partial charge in [-0.05, 0) is 36.6 Å². The Morgan fingerprint density at radius 2 is 2.35 bits per heavy atom. The molecule has 20 heavy (non-hydrogen) atoms. The number of ether oxygens (including phenoxy) is 1. The summed E-state index contributed by atoms with van der Waals surface area (Å²) in [4.78, 5) is 14.0. The molecule has 1 aromatic rings. The molecule has 1 unspecified atom stereocenters. The van der Waals surface area contributed by atoms with Gasteiger partial charge in [-0.2, -0.15) is 0 Å². The number of nitrogens with zero attached hydrogens (tertiary/aromatic N) is 1. The molecule has 1 atom stereocenters. The summed E-state index contributed by atoms with van der Waals surface area (Å²) in [6.07, 6.45) is 2.54. The maximum absolute atomic E-state index is 12.2. The number of aliphatic hydroxyl groups is 1. The maximum atomic E-state index is 12.2. The highest BCUT2D eigenvalue weighted by atomic mass is 16.5. The van der Waals surface area contributed by atoms with E-state index in [0.717, 1.165) is 29.9 Å². The molecule has 0 bridgehead atoms. The Kier molecular flexibility index (Phi) is 4.79. The van der Waals surface area contributed by atoms with E-state index in [1.807, 2.05) is 31.2 Å². The van der Waals surface area contributed by atoms with Gasteiger partial charge in [0.25, 0.3) is 0 Å². The standard InChI is InChI=1S/C16H21NO3/c1-12(14-4-3-5-15(9-14)20-2)8-16(19)17-7-6-13(10-17)11-18/h3-5,8-9,13,18H,6-7,10-11H2,1-2H3/b12-8+. The average molecular weight is 275 g/mol. The Labute approximate surface area is 119 Å². The second-order valence-corrected chi connectivity index (χ2v) is 5.18. The predicted molar refractivity (Wildman–Crippen MR) is 78.4 cm³/mol. The van der Waals surface area contributed by atoms with Crippen LogP contribution in [0.2, 0.25) is 0 Å². The van der Waals surface area contributed by atoms with Crippen molar-refractivity contribution in [2.75, 3.05) is 26.8 Å². The average Bonchev–Trinajstić information content (AvgIpc) is 2.96. The lowest BCUT2D eigenvalue weighted by Gasteiger charge is -2.14. The lowest BCUT2D eigenvalue weighted by molar-refractivity contribution is -0.125. The minimum Gasteiger partial charge on any atom is -0.497 e. The van der Waals surface area contributed by atoms with E-state index in [-0.39, 0.29) is 18.4 Å². The van der Waals surface area contributed by atoms with Crippen molar-refractivity contribution in [1.82, 2.24) is 4.90 Å². The van der Waals surface area contributed by atoms with Crippen LogP contribution >= 0.6 is 0 Å². The molecule has 1 fully saturated rings. The van der Waals surface area contributed by atoms with Gasteiger partial charge in [-0.25, -0.2) is 0 Å². The fourth-order valence-corrected chi connectivity index (χ4v) is 2.41. The molecule has 1 amide bonds. The predicted octanol–water partition coefficient (Wildman–Crippen LogP) is 1.94. The van der Waals surface area contributed by atoms with Crippen LogP contribution < -0.4 is 4.74 Å². The Morgan fingerprint density at radius 3 is 3.00 bits per heavy atom. The molecule has 0 aliphatic carbocycles. The van der Waals surface area contributed by atoms with Gasteiger partial charge < -0.3 is 14.7 Å². The van der Waals surface area contributed by atoms with Crippen LogP contribution in [0.1, 0.15) is 18.9 Å². The Balaban J connectivity index is 2.07. The molecule has 1 aromatic carbocycles. The van der Waals surface area contributed by atoms with Crippen LogP contribution in [-0.4, -0.2) is 42.7 Å². The summed E-state index contributed by atoms with van der Waals surface area (Å²) in [6, 6.07) is 7.67. The third-order valence-electron chi connectivity index (χ3n) is 3.72. The largest absolute Gasteiger partial charge is 0.497 e. The van der Waals surface area contributed by atoms with Crippen LogP contribution in [0, 0.1) is 5.92 Å². The van der Waals surface area contributed by atoms with Crippen LogP contribution in [0.4, 0.5) is 0 Å². The van der Waals surface area contributed by atoms with Crippen LogP contribution in [0.3, 0.4) is 0 Å². The molecular formula is C16H21NO3. The van der Waals surface area contributed by atoms with Gasteiger partial charge in [0.2, 0.25) is 5.91 Å². The van der Waals surface area contributed by atoms with Gasteiger partial charge in [0.05, 0.1) is 7.11 Å². The molecule has 0 aromatic heterocycles. The molecule has 1 aliphatic heterocycles. The van der Waals surface area contributed by atoms with Gasteiger partial charge in [0, 0.05) is 31.7 Å². The summed E-state index contributed by atoms with van der Waals surface area (Å²) in [5.41, 5.74) is 1.90. The molecule has 4 nitrogen and oxygen atoms in total. The van der Waals surface area contributed by atoms with Crippen molar-refractivity contribution in [1.29, 1.82) is 0 Å². The van der Waals surface area contributed by atoms with Crippen LogP contribution in [0.25, 0.3) is 5.57 Å². The van der Waals surface area contributed by atoms with Gasteiger partial charge in [-0.3, -0.25) is 4.79 Å². The van der Waals surface area contributed by atoms with Crippen molar-refractivity contribution >= 4 is 11.5 Å². The summed E-state index contributed by atoms with van der Waals surface area (Å²) < 4.78 is 5.19. The summed E-state index contributed by atoms with van der Waals surface area (Å²) in [5.74, 6) is 1.02. The summed E-state index contributed by atoms with van der Waals surface area (Å²) in [6.45, 7) is 3.46. The van der Waals surface area contributed by atoms with Crippen molar-refractivity contribution < 1.29 is 14.6 Å². The molecule has 0 radical (unpaired) electrons. The van der Waals surface area contributed by atoms with Crippen LogP contribution in [0.15, 0.2) is 30.3 Å². The zero-order chi connectivity index (χ0) is 14.5. The first-order valence-electron chi connectivity index (χ1n) is 6.86. The number of likely N-dealkylation sites (tertiary alicyclic amines) is 1. The minimum atomic E-state index is 0.0151. The Hall–Kier alpha value is -1.81. The number of carbonyl (C=O) groups is 1. The van der Waals surface area contributed by atoms with E-state index in [1.165, 1.54) is 0 Å². The quantitative estimate of drug-likeness (QED) is 0.854. The van der Waals surface area contributed by atoms with Crippen molar-refractivity contribution in [2.45, 2.75) is 13.3 Å². The number of carbonyl (C=O) groups excluding carboxylic acids is 1. The number of hydrogen-bond donors (Lipinski definition) is 1. The Bertz CT molecular complexity index is 510. The lowest BCUT2D eigenvalue weighted by atomic mass is 10.1. The molecule has 1 aliphatic rings. The van der Waals surface area contributed by atoms with Crippen molar-refractivity contribution in [2.24, 2.45) is 5.92 Å². The second-order valence-electron chi connectivity index (χ2n) is 5.18. The SMILES string of the molecule is COc1cccc(/C(C)=C/C(=O)N2CCC(CO)C2)c1. The smallest absolute Gasteiger partial charge is 0.246 e. The van der Waals surface area contributed by atoms with Crippen molar-refractivity contribution in [3.05, 3.63) is 35.9 Å². The molecule has 1 saturated heterocycles. The van der Waals surface area contributed by atoms with Gasteiger partial charge >= 0.3 is 0 Å².